The number of rotatable bonds is 9. The summed E-state index contributed by atoms with van der Waals surface area (Å²) in [5, 5.41) is 18.8. The molecule has 2 aromatic rings. The number of halogens is 2. The second-order valence-electron chi connectivity index (χ2n) is 5.83. The monoisotopic (exact) mass is 407 g/mol. The van der Waals surface area contributed by atoms with E-state index in [0.717, 1.165) is 0 Å². The molecule has 1 unspecified atom stereocenters. The predicted octanol–water partition coefficient (Wildman–Crippen LogP) is 1.91. The van der Waals surface area contributed by atoms with Crippen molar-refractivity contribution >= 4 is 17.6 Å². The average molecular weight is 407 g/mol. The van der Waals surface area contributed by atoms with Gasteiger partial charge >= 0.3 is 6.61 Å². The van der Waals surface area contributed by atoms with Crippen molar-refractivity contribution in [1.29, 1.82) is 0 Å². The van der Waals surface area contributed by atoms with Crippen LogP contribution in [0.3, 0.4) is 0 Å². The summed E-state index contributed by atoms with van der Waals surface area (Å²) >= 11 is 0. The lowest BCUT2D eigenvalue weighted by Gasteiger charge is -2.16. The molecule has 2 rings (SSSR count). The number of aliphatic hydroxyl groups is 1. The number of carbonyl (C=O) groups is 1. The van der Waals surface area contributed by atoms with Crippen LogP contribution in [0.1, 0.15) is 18.6 Å². The van der Waals surface area contributed by atoms with Gasteiger partial charge in [-0.3, -0.25) is 9.78 Å². The Hall–Kier alpha value is -3.27. The fourth-order valence-corrected chi connectivity index (χ4v) is 2.31. The van der Waals surface area contributed by atoms with Crippen molar-refractivity contribution < 1.29 is 23.4 Å². The Kier molecular flexibility index (Phi) is 8.77. The Morgan fingerprint density at radius 3 is 2.62 bits per heavy atom. The maximum Gasteiger partial charge on any atom is 0.387 e. The van der Waals surface area contributed by atoms with Gasteiger partial charge in [0.1, 0.15) is 12.3 Å². The first-order chi connectivity index (χ1) is 14.0. The summed E-state index contributed by atoms with van der Waals surface area (Å²) in [4.78, 5) is 20.1. The topological polar surface area (TPSA) is 108 Å². The van der Waals surface area contributed by atoms with Crippen molar-refractivity contribution in [3.63, 3.8) is 0 Å². The molecule has 1 aromatic heterocycles. The smallest absolute Gasteiger partial charge is 0.387 e. The standard InChI is InChI=1S/C19H23F2N5O3/c1-2-23-19(25-12-17(28)26-14-4-3-9-22-10-14)24-11-16(27)13-5-7-15(8-6-13)29-18(20)21/h3-10,16,18,27H,2,11-12H2,1H3,(H,26,28)(H2,23,24,25). The number of aromatic nitrogens is 1. The van der Waals surface area contributed by atoms with Crippen LogP contribution in [0, 0.1) is 0 Å². The van der Waals surface area contributed by atoms with Crippen LogP contribution in [-0.4, -0.2) is 48.2 Å². The first-order valence-corrected chi connectivity index (χ1v) is 8.92. The molecule has 4 N–H and O–H groups in total. The number of alkyl halides is 2. The number of pyridine rings is 1. The summed E-state index contributed by atoms with van der Waals surface area (Å²) in [7, 11) is 0. The van der Waals surface area contributed by atoms with Gasteiger partial charge in [-0.05, 0) is 36.8 Å². The number of amides is 1. The van der Waals surface area contributed by atoms with Crippen molar-refractivity contribution in [3.05, 3.63) is 54.4 Å². The van der Waals surface area contributed by atoms with Gasteiger partial charge in [0.05, 0.1) is 18.0 Å². The Bertz CT molecular complexity index is 788. The molecule has 0 bridgehead atoms. The van der Waals surface area contributed by atoms with Crippen molar-refractivity contribution in [3.8, 4) is 5.75 Å². The van der Waals surface area contributed by atoms with Crippen LogP contribution >= 0.6 is 0 Å². The van der Waals surface area contributed by atoms with E-state index in [-0.39, 0.29) is 24.7 Å². The number of nitrogens with zero attached hydrogens (tertiary/aromatic N) is 2. The number of guanidine groups is 1. The summed E-state index contributed by atoms with van der Waals surface area (Å²) in [6, 6.07) is 9.12. The van der Waals surface area contributed by atoms with E-state index in [1.807, 2.05) is 6.92 Å². The highest BCUT2D eigenvalue weighted by atomic mass is 19.3. The van der Waals surface area contributed by atoms with Gasteiger partial charge in [0, 0.05) is 19.3 Å². The van der Waals surface area contributed by atoms with Gasteiger partial charge in [-0.1, -0.05) is 12.1 Å². The van der Waals surface area contributed by atoms with E-state index in [2.05, 4.69) is 30.7 Å². The third-order valence-corrected chi connectivity index (χ3v) is 3.62. The predicted molar refractivity (Wildman–Crippen MR) is 105 cm³/mol. The molecule has 1 aromatic carbocycles. The molecular weight excluding hydrogens is 384 g/mol. The summed E-state index contributed by atoms with van der Waals surface area (Å²) in [6.45, 7) is -0.496. The molecule has 0 fully saturated rings. The van der Waals surface area contributed by atoms with Crippen LogP contribution in [0.15, 0.2) is 53.8 Å². The lowest BCUT2D eigenvalue weighted by atomic mass is 10.1. The van der Waals surface area contributed by atoms with E-state index in [9.17, 15) is 18.7 Å². The Balaban J connectivity index is 1.87. The second-order valence-corrected chi connectivity index (χ2v) is 5.83. The molecule has 1 amide bonds. The molecule has 156 valence electrons. The van der Waals surface area contributed by atoms with Crippen LogP contribution in [0.2, 0.25) is 0 Å². The SMILES string of the molecule is CCNC(=NCC(=O)Nc1cccnc1)NCC(O)c1ccc(OC(F)F)cc1. The zero-order valence-electron chi connectivity index (χ0n) is 15.8. The number of nitrogens with one attached hydrogen (secondary N) is 3. The summed E-state index contributed by atoms with van der Waals surface area (Å²) in [5.41, 5.74) is 1.09. The quantitative estimate of drug-likeness (QED) is 0.374. The van der Waals surface area contributed by atoms with Crippen molar-refractivity contribution in [2.24, 2.45) is 4.99 Å². The number of aliphatic imine (C=N–C) groups is 1. The molecule has 0 radical (unpaired) electrons. The van der Waals surface area contributed by atoms with Crippen LogP contribution in [-0.2, 0) is 4.79 Å². The molecule has 29 heavy (non-hydrogen) atoms. The molecule has 8 nitrogen and oxygen atoms in total. The normalized spacial score (nSPS) is 12.4. The lowest BCUT2D eigenvalue weighted by Crippen LogP contribution is -2.40. The van der Waals surface area contributed by atoms with E-state index in [1.165, 1.54) is 30.5 Å². The minimum Gasteiger partial charge on any atom is -0.435 e. The van der Waals surface area contributed by atoms with Crippen molar-refractivity contribution in [1.82, 2.24) is 15.6 Å². The molecule has 1 atom stereocenters. The zero-order valence-corrected chi connectivity index (χ0v) is 15.8. The molecule has 0 aliphatic heterocycles. The van der Waals surface area contributed by atoms with Gasteiger partial charge in [0.15, 0.2) is 5.96 Å². The van der Waals surface area contributed by atoms with E-state index in [1.54, 1.807) is 18.3 Å². The van der Waals surface area contributed by atoms with Crippen LogP contribution < -0.4 is 20.7 Å². The first-order valence-electron chi connectivity index (χ1n) is 8.92. The number of carbonyl (C=O) groups excluding carboxylic acids is 1. The maximum atomic E-state index is 12.2. The van der Waals surface area contributed by atoms with E-state index < -0.39 is 12.7 Å². The number of hydrogen-bond acceptors (Lipinski definition) is 5. The third kappa shape index (κ3) is 8.09. The number of aliphatic hydroxyl groups excluding tert-OH is 1. The number of hydrogen-bond donors (Lipinski definition) is 4. The molecule has 10 heteroatoms. The van der Waals surface area contributed by atoms with Gasteiger partial charge in [0.2, 0.25) is 5.91 Å². The summed E-state index contributed by atoms with van der Waals surface area (Å²) in [6.07, 6.45) is 2.22. The molecule has 0 aliphatic rings. The van der Waals surface area contributed by atoms with Gasteiger partial charge < -0.3 is 25.8 Å². The van der Waals surface area contributed by atoms with E-state index >= 15 is 0 Å². The van der Waals surface area contributed by atoms with Gasteiger partial charge in [-0.2, -0.15) is 8.78 Å². The van der Waals surface area contributed by atoms with Gasteiger partial charge in [0.25, 0.3) is 0 Å². The number of ether oxygens (including phenoxy) is 1. The fraction of sp³-hybridized carbons (Fsp3) is 0.316. The molecule has 0 aliphatic carbocycles. The maximum absolute atomic E-state index is 12.2. The van der Waals surface area contributed by atoms with E-state index in [4.69, 9.17) is 0 Å². The first kappa shape index (κ1) is 22.0. The van der Waals surface area contributed by atoms with E-state index in [0.29, 0.717) is 23.8 Å². The third-order valence-electron chi connectivity index (χ3n) is 3.62. The Morgan fingerprint density at radius 2 is 2.00 bits per heavy atom. The average Bonchev–Trinajstić information content (AvgIpc) is 2.70. The highest BCUT2D eigenvalue weighted by Crippen LogP contribution is 2.18. The highest BCUT2D eigenvalue weighted by Gasteiger charge is 2.11. The Labute approximate surface area is 167 Å². The van der Waals surface area contributed by atoms with Gasteiger partial charge in [-0.25, -0.2) is 4.99 Å². The summed E-state index contributed by atoms with van der Waals surface area (Å²) < 4.78 is 28.6. The minimum absolute atomic E-state index is 0.0124. The van der Waals surface area contributed by atoms with Crippen molar-refractivity contribution in [2.45, 2.75) is 19.6 Å². The summed E-state index contributed by atoms with van der Waals surface area (Å²) in [5.74, 6) is 0.0503. The molecule has 0 spiro atoms. The largest absolute Gasteiger partial charge is 0.435 e. The molecule has 0 saturated heterocycles. The van der Waals surface area contributed by atoms with Gasteiger partial charge in [-0.15, -0.1) is 0 Å². The number of benzene rings is 1. The van der Waals surface area contributed by atoms with Crippen LogP contribution in [0.4, 0.5) is 14.5 Å². The Morgan fingerprint density at radius 1 is 1.24 bits per heavy atom. The molecule has 0 saturated carbocycles. The molecular formula is C19H23F2N5O3. The fourth-order valence-electron chi connectivity index (χ4n) is 2.31. The minimum atomic E-state index is -2.90. The van der Waals surface area contributed by atoms with Crippen molar-refractivity contribution in [2.75, 3.05) is 25.0 Å². The van der Waals surface area contributed by atoms with Crippen LogP contribution in [0.25, 0.3) is 0 Å². The zero-order chi connectivity index (χ0) is 21.1. The number of anilines is 1. The van der Waals surface area contributed by atoms with Crippen LogP contribution in [0.5, 0.6) is 5.75 Å². The molecule has 1 heterocycles. The lowest BCUT2D eigenvalue weighted by molar-refractivity contribution is -0.114. The highest BCUT2D eigenvalue weighted by molar-refractivity contribution is 5.93. The second kappa shape index (κ2) is 11.5.